The van der Waals surface area contributed by atoms with Crippen LogP contribution >= 0.6 is 23.2 Å². The van der Waals surface area contributed by atoms with Crippen molar-refractivity contribution in [3.8, 4) is 11.3 Å². The number of urea groups is 1. The molecule has 0 aliphatic carbocycles. The highest BCUT2D eigenvalue weighted by atomic mass is 35.5. The molecule has 4 aromatic carbocycles. The lowest BCUT2D eigenvalue weighted by Gasteiger charge is -2.30. The summed E-state index contributed by atoms with van der Waals surface area (Å²) in [5.74, 6) is 0.109. The van der Waals surface area contributed by atoms with E-state index in [2.05, 4.69) is 20.6 Å². The number of anilines is 2. The zero-order valence-electron chi connectivity index (χ0n) is 22.3. The molecule has 2 heterocycles. The van der Waals surface area contributed by atoms with Crippen LogP contribution in [0.25, 0.3) is 22.2 Å². The molecule has 6 aromatic rings. The van der Waals surface area contributed by atoms with Gasteiger partial charge >= 0.3 is 6.03 Å². The number of benzene rings is 4. The number of hydrogen-bond acceptors (Lipinski definition) is 5. The molecule has 0 saturated carbocycles. The molecule has 0 bridgehead atoms. The van der Waals surface area contributed by atoms with Crippen molar-refractivity contribution in [3.05, 3.63) is 136 Å². The van der Waals surface area contributed by atoms with Crippen LogP contribution in [0.2, 0.25) is 10.0 Å². The van der Waals surface area contributed by atoms with Crippen molar-refractivity contribution >= 4 is 51.8 Å². The smallest absolute Gasteiger partial charge is 0.326 e. The summed E-state index contributed by atoms with van der Waals surface area (Å²) < 4.78 is 1.77. The lowest BCUT2D eigenvalue weighted by molar-refractivity contribution is 0.117. The molecule has 1 atom stereocenters. The fraction of sp³-hybridized carbons (Fsp3) is 0.0625. The molecular weight excluding hydrogens is 571 g/mol. The van der Waals surface area contributed by atoms with E-state index in [9.17, 15) is 9.90 Å². The van der Waals surface area contributed by atoms with E-state index in [4.69, 9.17) is 28.2 Å². The van der Waals surface area contributed by atoms with Gasteiger partial charge in [-0.1, -0.05) is 71.7 Å². The molecule has 0 radical (unpaired) electrons. The molecule has 8 nitrogen and oxygen atoms in total. The van der Waals surface area contributed by atoms with Gasteiger partial charge < -0.3 is 15.0 Å². The summed E-state index contributed by atoms with van der Waals surface area (Å²) in [4.78, 5) is 26.4. The van der Waals surface area contributed by atoms with E-state index in [0.717, 1.165) is 0 Å². The highest BCUT2D eigenvalue weighted by Gasteiger charge is 2.37. The lowest BCUT2D eigenvalue weighted by atomic mass is 9.83. The maximum atomic E-state index is 12.8. The second-order valence-electron chi connectivity index (χ2n) is 9.69. The summed E-state index contributed by atoms with van der Waals surface area (Å²) in [5.41, 5.74) is 2.59. The Bertz CT molecular complexity index is 1910. The van der Waals surface area contributed by atoms with Crippen LogP contribution < -0.4 is 10.6 Å². The predicted octanol–water partition coefficient (Wildman–Crippen LogP) is 7.27. The van der Waals surface area contributed by atoms with Gasteiger partial charge in [0.15, 0.2) is 5.60 Å². The summed E-state index contributed by atoms with van der Waals surface area (Å²) in [6.07, 6.45) is 3.27. The fourth-order valence-corrected chi connectivity index (χ4v) is 5.23. The van der Waals surface area contributed by atoms with E-state index in [1.54, 1.807) is 77.8 Å². The molecule has 6 rings (SSSR count). The molecule has 208 valence electrons. The third-order valence-electron chi connectivity index (χ3n) is 6.92. The van der Waals surface area contributed by atoms with Gasteiger partial charge in [0.05, 0.1) is 29.4 Å². The van der Waals surface area contributed by atoms with E-state index in [1.807, 2.05) is 43.4 Å². The summed E-state index contributed by atoms with van der Waals surface area (Å²) in [7, 11) is 1.82. The van der Waals surface area contributed by atoms with Crippen LogP contribution in [-0.2, 0) is 12.6 Å². The molecular formula is C32H24Cl2N6O2. The number of fused-ring (bicyclic) bond motifs is 1. The Labute approximate surface area is 251 Å². The lowest BCUT2D eigenvalue weighted by Crippen LogP contribution is -2.31. The molecule has 2 amide bonds. The molecule has 42 heavy (non-hydrogen) atoms. The number of rotatable bonds is 6. The topological polar surface area (TPSA) is 105 Å². The number of nitrogens with one attached hydrogen (secondary N) is 2. The van der Waals surface area contributed by atoms with Crippen LogP contribution in [0.3, 0.4) is 0 Å². The van der Waals surface area contributed by atoms with E-state index in [-0.39, 0.29) is 5.95 Å². The van der Waals surface area contributed by atoms with Gasteiger partial charge in [0.1, 0.15) is 0 Å². The molecule has 3 N–H and O–H groups in total. The van der Waals surface area contributed by atoms with Crippen LogP contribution in [0.4, 0.5) is 16.4 Å². The first kappa shape index (κ1) is 27.4. The minimum Gasteiger partial charge on any atom is -0.374 e. The fourth-order valence-electron chi connectivity index (χ4n) is 4.91. The van der Waals surface area contributed by atoms with Gasteiger partial charge in [0.2, 0.25) is 5.95 Å². The Morgan fingerprint density at radius 3 is 2.31 bits per heavy atom. The van der Waals surface area contributed by atoms with Crippen molar-refractivity contribution in [2.75, 3.05) is 10.6 Å². The van der Waals surface area contributed by atoms with Crippen molar-refractivity contribution in [1.82, 2.24) is 19.5 Å². The highest BCUT2D eigenvalue weighted by Crippen LogP contribution is 2.39. The maximum Gasteiger partial charge on any atom is 0.326 e. The third kappa shape index (κ3) is 5.31. The van der Waals surface area contributed by atoms with Gasteiger partial charge in [-0.3, -0.25) is 5.32 Å². The number of aliphatic hydroxyl groups is 1. The number of carbonyl (C=O) groups excluding carboxylic acids is 1. The number of imidazole rings is 1. The number of aromatic nitrogens is 4. The molecule has 2 aromatic heterocycles. The second-order valence-corrected chi connectivity index (χ2v) is 10.6. The monoisotopic (exact) mass is 594 g/mol. The van der Waals surface area contributed by atoms with Gasteiger partial charge in [-0.25, -0.2) is 19.7 Å². The van der Waals surface area contributed by atoms with Crippen molar-refractivity contribution < 1.29 is 9.90 Å². The minimum atomic E-state index is -1.58. The number of carbonyl (C=O) groups is 1. The number of aryl methyl sites for hydroxylation is 1. The first-order valence-corrected chi connectivity index (χ1v) is 13.7. The Morgan fingerprint density at radius 2 is 1.60 bits per heavy atom. The molecule has 0 saturated heterocycles. The second kappa shape index (κ2) is 11.3. The standard InChI is InChI=1S/C32H24Cl2N6O2/c1-40-19-35-18-28(40)32(42,21-10-13-23(33)14-11-21)22-12-15-27-26(17-22)29(20-6-5-7-24(34)16-20)38-30(37-27)39-31(41)36-25-8-3-2-4-9-25/h2-19,42H,1H3,(H2,36,37,38,39,41). The summed E-state index contributed by atoms with van der Waals surface area (Å²) >= 11 is 12.5. The van der Waals surface area contributed by atoms with Crippen molar-refractivity contribution in [2.45, 2.75) is 5.60 Å². The van der Waals surface area contributed by atoms with E-state index in [1.165, 1.54) is 0 Å². The minimum absolute atomic E-state index is 0.109. The van der Waals surface area contributed by atoms with Crippen LogP contribution in [-0.4, -0.2) is 30.7 Å². The van der Waals surface area contributed by atoms with Crippen molar-refractivity contribution in [2.24, 2.45) is 7.05 Å². The van der Waals surface area contributed by atoms with Gasteiger partial charge in [0, 0.05) is 33.7 Å². The number of para-hydroxylation sites is 1. The average Bonchev–Trinajstić information content (AvgIpc) is 3.43. The van der Waals surface area contributed by atoms with Gasteiger partial charge in [-0.15, -0.1) is 0 Å². The van der Waals surface area contributed by atoms with Crippen molar-refractivity contribution in [1.29, 1.82) is 0 Å². The molecule has 10 heteroatoms. The molecule has 0 spiro atoms. The van der Waals surface area contributed by atoms with Gasteiger partial charge in [-0.05, 0) is 59.7 Å². The normalized spacial score (nSPS) is 12.6. The van der Waals surface area contributed by atoms with Crippen LogP contribution in [0.15, 0.2) is 110 Å². The van der Waals surface area contributed by atoms with E-state index >= 15 is 0 Å². The maximum absolute atomic E-state index is 12.8. The van der Waals surface area contributed by atoms with Gasteiger partial charge in [0.25, 0.3) is 0 Å². The summed E-state index contributed by atoms with van der Waals surface area (Å²) in [6, 6.07) is 28.3. The zero-order valence-corrected chi connectivity index (χ0v) is 23.8. The first-order valence-electron chi connectivity index (χ1n) is 13.0. The Morgan fingerprint density at radius 1 is 0.833 bits per heavy atom. The summed E-state index contributed by atoms with van der Waals surface area (Å²) in [5, 5.41) is 19.7. The average molecular weight is 595 g/mol. The Balaban J connectivity index is 1.50. The predicted molar refractivity (Wildman–Crippen MR) is 166 cm³/mol. The quantitative estimate of drug-likeness (QED) is 0.188. The highest BCUT2D eigenvalue weighted by molar-refractivity contribution is 6.31. The number of amides is 2. The number of nitrogens with zero attached hydrogens (tertiary/aromatic N) is 4. The molecule has 1 unspecified atom stereocenters. The van der Waals surface area contributed by atoms with Gasteiger partial charge in [-0.2, -0.15) is 0 Å². The molecule has 0 fully saturated rings. The van der Waals surface area contributed by atoms with E-state index in [0.29, 0.717) is 54.7 Å². The number of halogens is 2. The van der Waals surface area contributed by atoms with Crippen LogP contribution in [0, 0.1) is 0 Å². The van der Waals surface area contributed by atoms with E-state index < -0.39 is 11.6 Å². The van der Waals surface area contributed by atoms with Crippen molar-refractivity contribution in [3.63, 3.8) is 0 Å². The van der Waals surface area contributed by atoms with Crippen LogP contribution in [0.1, 0.15) is 16.8 Å². The number of hydrogen-bond donors (Lipinski definition) is 3. The summed E-state index contributed by atoms with van der Waals surface area (Å²) in [6.45, 7) is 0. The molecule has 0 aliphatic heterocycles. The Hall–Kier alpha value is -4.76. The zero-order chi connectivity index (χ0) is 29.3. The first-order chi connectivity index (χ1) is 20.3. The third-order valence-corrected chi connectivity index (χ3v) is 7.40. The largest absolute Gasteiger partial charge is 0.374 e. The SMILES string of the molecule is Cn1cncc1C(O)(c1ccc(Cl)cc1)c1ccc2nc(NC(=O)Nc3ccccc3)nc(-c3cccc(Cl)c3)c2c1. The molecule has 0 aliphatic rings. The Kier molecular flexibility index (Phi) is 7.34. The van der Waals surface area contributed by atoms with Crippen LogP contribution in [0.5, 0.6) is 0 Å².